The number of nitrogens with one attached hydrogen (secondary N) is 1. The minimum atomic E-state index is 0.190. The Kier molecular flexibility index (Phi) is 7.40. The van der Waals surface area contributed by atoms with Crippen LogP contribution in [0.1, 0.15) is 11.1 Å². The van der Waals surface area contributed by atoms with Crippen molar-refractivity contribution in [2.24, 2.45) is 0 Å². The van der Waals surface area contributed by atoms with Gasteiger partial charge in [0.1, 0.15) is 18.1 Å². The molecule has 0 atom stereocenters. The van der Waals surface area contributed by atoms with Gasteiger partial charge in [-0.3, -0.25) is 0 Å². The first-order valence-corrected chi connectivity index (χ1v) is 9.67. The molecule has 0 amide bonds. The van der Waals surface area contributed by atoms with Crippen LogP contribution in [0.25, 0.3) is 0 Å². The van der Waals surface area contributed by atoms with Crippen molar-refractivity contribution in [3.8, 4) is 35.3 Å². The third-order valence-electron chi connectivity index (χ3n) is 4.41. The molecule has 3 aromatic carbocycles. The minimum absolute atomic E-state index is 0.190. The molecule has 0 spiro atoms. The van der Waals surface area contributed by atoms with E-state index in [9.17, 15) is 0 Å². The van der Waals surface area contributed by atoms with E-state index >= 15 is 0 Å². The molecule has 4 nitrogen and oxygen atoms in total. The van der Waals surface area contributed by atoms with Gasteiger partial charge in [0, 0.05) is 17.8 Å². The fourth-order valence-electron chi connectivity index (χ4n) is 3.03. The van der Waals surface area contributed by atoms with Crippen LogP contribution < -0.4 is 19.5 Å². The highest BCUT2D eigenvalue weighted by atomic mass is 16.5. The molecule has 0 fully saturated rings. The summed E-state index contributed by atoms with van der Waals surface area (Å²) in [5, 5.41) is 3.43. The van der Waals surface area contributed by atoms with Gasteiger partial charge in [-0.05, 0) is 60.5 Å². The van der Waals surface area contributed by atoms with Gasteiger partial charge in [-0.15, -0.1) is 13.0 Å². The molecule has 0 unspecified atom stereocenters. The maximum Gasteiger partial charge on any atom is 0.166 e. The SMILES string of the molecule is C#CCOc1c(CC=C)cc(CNc2ccc(Oc3ccccc3)cc2)cc1OC. The van der Waals surface area contributed by atoms with E-state index in [4.69, 9.17) is 20.6 Å². The first kappa shape index (κ1) is 20.9. The van der Waals surface area contributed by atoms with E-state index in [1.807, 2.05) is 66.7 Å². The zero-order chi connectivity index (χ0) is 21.2. The molecule has 3 rings (SSSR count). The number of para-hydroxylation sites is 1. The molecular weight excluding hydrogens is 374 g/mol. The highest BCUT2D eigenvalue weighted by Gasteiger charge is 2.12. The van der Waals surface area contributed by atoms with Gasteiger partial charge in [-0.1, -0.05) is 30.2 Å². The van der Waals surface area contributed by atoms with Crippen molar-refractivity contribution < 1.29 is 14.2 Å². The van der Waals surface area contributed by atoms with E-state index in [0.717, 1.165) is 28.3 Å². The standard InChI is InChI=1S/C26H25NO3/c1-4-9-21-17-20(18-25(28-3)26(21)29-16-5-2)19-27-22-12-14-24(15-13-22)30-23-10-7-6-8-11-23/h2,4,6-8,10-15,17-18,27H,1,9,16,19H2,3H3. The Hall–Kier alpha value is -3.84. The van der Waals surface area contributed by atoms with Crippen molar-refractivity contribution in [3.63, 3.8) is 0 Å². The Balaban J connectivity index is 1.69. The monoisotopic (exact) mass is 399 g/mol. The molecule has 0 heterocycles. The fourth-order valence-corrected chi connectivity index (χ4v) is 3.03. The van der Waals surface area contributed by atoms with Crippen LogP contribution in [0.15, 0.2) is 79.4 Å². The third kappa shape index (κ3) is 5.59. The molecule has 1 N–H and O–H groups in total. The van der Waals surface area contributed by atoms with Crippen molar-refractivity contribution in [1.29, 1.82) is 0 Å². The molecule has 0 aliphatic carbocycles. The molecule has 3 aromatic rings. The lowest BCUT2D eigenvalue weighted by Gasteiger charge is -2.16. The number of rotatable bonds is 10. The van der Waals surface area contributed by atoms with Crippen LogP contribution >= 0.6 is 0 Å². The number of benzene rings is 3. The highest BCUT2D eigenvalue weighted by Crippen LogP contribution is 2.34. The lowest BCUT2D eigenvalue weighted by Crippen LogP contribution is -2.05. The first-order chi connectivity index (χ1) is 14.7. The summed E-state index contributed by atoms with van der Waals surface area (Å²) in [7, 11) is 1.62. The molecule has 0 aliphatic heterocycles. The Morgan fingerprint density at radius 2 is 1.77 bits per heavy atom. The van der Waals surface area contributed by atoms with Crippen molar-refractivity contribution in [3.05, 3.63) is 90.5 Å². The van der Waals surface area contributed by atoms with Gasteiger partial charge in [0.2, 0.25) is 0 Å². The number of allylic oxidation sites excluding steroid dienone is 1. The summed E-state index contributed by atoms with van der Waals surface area (Å²) < 4.78 is 17.1. The Labute approximate surface area is 178 Å². The second-order valence-electron chi connectivity index (χ2n) is 6.56. The predicted octanol–water partition coefficient (Wildman–Crippen LogP) is 5.84. The zero-order valence-corrected chi connectivity index (χ0v) is 17.1. The van der Waals surface area contributed by atoms with Crippen LogP contribution in [0.2, 0.25) is 0 Å². The second-order valence-corrected chi connectivity index (χ2v) is 6.56. The van der Waals surface area contributed by atoms with E-state index in [1.54, 1.807) is 7.11 Å². The Bertz CT molecular complexity index is 1000. The Morgan fingerprint density at radius 1 is 1.03 bits per heavy atom. The fraction of sp³-hybridized carbons (Fsp3) is 0.154. The van der Waals surface area contributed by atoms with Crippen LogP contribution in [0.3, 0.4) is 0 Å². The maximum absolute atomic E-state index is 5.83. The molecule has 4 heteroatoms. The number of anilines is 1. The van der Waals surface area contributed by atoms with Crippen molar-refractivity contribution in [1.82, 2.24) is 0 Å². The highest BCUT2D eigenvalue weighted by molar-refractivity contribution is 5.52. The number of terminal acetylenes is 1. The van der Waals surface area contributed by atoms with E-state index in [2.05, 4.69) is 23.9 Å². The number of hydrogen-bond acceptors (Lipinski definition) is 4. The van der Waals surface area contributed by atoms with Crippen LogP contribution in [-0.2, 0) is 13.0 Å². The lowest BCUT2D eigenvalue weighted by molar-refractivity contribution is 0.328. The predicted molar refractivity (Wildman–Crippen MR) is 122 cm³/mol. The summed E-state index contributed by atoms with van der Waals surface area (Å²) in [6, 6.07) is 21.6. The first-order valence-electron chi connectivity index (χ1n) is 9.67. The molecule has 152 valence electrons. The summed E-state index contributed by atoms with van der Waals surface area (Å²) >= 11 is 0. The van der Waals surface area contributed by atoms with Gasteiger partial charge in [-0.2, -0.15) is 0 Å². The van der Waals surface area contributed by atoms with E-state index in [0.29, 0.717) is 24.5 Å². The molecule has 30 heavy (non-hydrogen) atoms. The quantitative estimate of drug-likeness (QED) is 0.343. The lowest BCUT2D eigenvalue weighted by atomic mass is 10.1. The summed E-state index contributed by atoms with van der Waals surface area (Å²) in [5.74, 6) is 5.42. The maximum atomic E-state index is 5.83. The topological polar surface area (TPSA) is 39.7 Å². The number of hydrogen-bond donors (Lipinski definition) is 1. The van der Waals surface area contributed by atoms with Crippen LogP contribution in [0.4, 0.5) is 5.69 Å². The number of ether oxygens (including phenoxy) is 3. The second kappa shape index (κ2) is 10.6. The average Bonchev–Trinajstić information content (AvgIpc) is 2.78. The van der Waals surface area contributed by atoms with E-state index in [-0.39, 0.29) is 6.61 Å². The van der Waals surface area contributed by atoms with Gasteiger partial charge < -0.3 is 19.5 Å². The largest absolute Gasteiger partial charge is 0.493 e. The summed E-state index contributed by atoms with van der Waals surface area (Å²) in [6.07, 6.45) is 7.83. The van der Waals surface area contributed by atoms with E-state index < -0.39 is 0 Å². The van der Waals surface area contributed by atoms with Gasteiger partial charge in [0.15, 0.2) is 11.5 Å². The molecule has 0 aliphatic rings. The van der Waals surface area contributed by atoms with Crippen molar-refractivity contribution in [2.45, 2.75) is 13.0 Å². The number of methoxy groups -OCH3 is 1. The molecule has 0 bridgehead atoms. The van der Waals surface area contributed by atoms with Gasteiger partial charge in [0.05, 0.1) is 7.11 Å². The molecule has 0 saturated carbocycles. The van der Waals surface area contributed by atoms with Crippen LogP contribution in [-0.4, -0.2) is 13.7 Å². The van der Waals surface area contributed by atoms with Crippen LogP contribution in [0, 0.1) is 12.3 Å². The summed E-state index contributed by atoms with van der Waals surface area (Å²) in [6.45, 7) is 4.65. The summed E-state index contributed by atoms with van der Waals surface area (Å²) in [5.41, 5.74) is 3.05. The smallest absolute Gasteiger partial charge is 0.166 e. The molecule has 0 radical (unpaired) electrons. The zero-order valence-electron chi connectivity index (χ0n) is 17.1. The summed E-state index contributed by atoms with van der Waals surface area (Å²) in [4.78, 5) is 0. The van der Waals surface area contributed by atoms with Gasteiger partial charge in [0.25, 0.3) is 0 Å². The van der Waals surface area contributed by atoms with Crippen molar-refractivity contribution >= 4 is 5.69 Å². The molecule has 0 aromatic heterocycles. The van der Waals surface area contributed by atoms with Crippen molar-refractivity contribution in [2.75, 3.05) is 19.0 Å². The molecular formula is C26H25NO3. The molecule has 0 saturated heterocycles. The van der Waals surface area contributed by atoms with Gasteiger partial charge >= 0.3 is 0 Å². The van der Waals surface area contributed by atoms with Crippen LogP contribution in [0.5, 0.6) is 23.0 Å². The third-order valence-corrected chi connectivity index (χ3v) is 4.41. The normalized spacial score (nSPS) is 10.0. The average molecular weight is 399 g/mol. The minimum Gasteiger partial charge on any atom is -0.493 e. The van der Waals surface area contributed by atoms with Gasteiger partial charge in [-0.25, -0.2) is 0 Å². The van der Waals surface area contributed by atoms with E-state index in [1.165, 1.54) is 0 Å². The Morgan fingerprint density at radius 3 is 2.43 bits per heavy atom.